The molecule has 0 saturated heterocycles. The average Bonchev–Trinajstić information content (AvgIpc) is 3.05. The topological polar surface area (TPSA) is 92.5 Å². The third-order valence-electron chi connectivity index (χ3n) is 4.87. The number of carbonyl (C=O) groups is 1. The molecule has 1 aliphatic rings. The fraction of sp³-hybridized carbons (Fsp3) is 0.611. The van der Waals surface area contributed by atoms with Crippen molar-refractivity contribution in [2.75, 3.05) is 20.1 Å². The van der Waals surface area contributed by atoms with E-state index >= 15 is 0 Å². The summed E-state index contributed by atoms with van der Waals surface area (Å²) in [5.41, 5.74) is 5.97. The second kappa shape index (κ2) is 10.3. The maximum Gasteiger partial charge on any atom is 0.254 e. The fourth-order valence-electron chi connectivity index (χ4n) is 3.32. The summed E-state index contributed by atoms with van der Waals surface area (Å²) in [5, 5.41) is 0. The van der Waals surface area contributed by atoms with Gasteiger partial charge in [0.25, 0.3) is 5.91 Å². The Morgan fingerprint density at radius 3 is 2.65 bits per heavy atom. The number of nitrogens with one attached hydrogen (secondary N) is 1. The molecule has 1 aromatic rings. The molecule has 1 fully saturated rings. The van der Waals surface area contributed by atoms with E-state index in [0.29, 0.717) is 13.1 Å². The largest absolute Gasteiger partial charge is 0.342 e. The zero-order valence-electron chi connectivity index (χ0n) is 15.5. The first-order valence-electron chi connectivity index (χ1n) is 8.97. The average molecular weight is 404 g/mol. The lowest BCUT2D eigenvalue weighted by molar-refractivity contribution is 0.0789. The van der Waals surface area contributed by atoms with Crippen molar-refractivity contribution in [1.82, 2.24) is 9.62 Å². The highest BCUT2D eigenvalue weighted by molar-refractivity contribution is 7.89. The summed E-state index contributed by atoms with van der Waals surface area (Å²) in [6.07, 6.45) is 4.55. The van der Waals surface area contributed by atoms with Crippen LogP contribution in [0.3, 0.4) is 0 Å². The molecule has 2 rings (SSSR count). The first kappa shape index (κ1) is 22.9. The van der Waals surface area contributed by atoms with Gasteiger partial charge in [-0.2, -0.15) is 0 Å². The number of nitrogens with two attached hydrogens (primary N) is 1. The highest BCUT2D eigenvalue weighted by Gasteiger charge is 2.32. The van der Waals surface area contributed by atoms with Gasteiger partial charge >= 0.3 is 0 Å². The number of halogens is 1. The number of rotatable bonds is 8. The van der Waals surface area contributed by atoms with Gasteiger partial charge in [0.1, 0.15) is 0 Å². The molecule has 0 spiro atoms. The second-order valence-electron chi connectivity index (χ2n) is 6.73. The minimum Gasteiger partial charge on any atom is -0.342 e. The van der Waals surface area contributed by atoms with Crippen LogP contribution in [-0.2, 0) is 10.0 Å². The molecular weight excluding hydrogens is 374 g/mol. The van der Waals surface area contributed by atoms with Gasteiger partial charge in [-0.15, -0.1) is 12.4 Å². The summed E-state index contributed by atoms with van der Waals surface area (Å²) in [5.74, 6) is -0.110. The molecule has 1 amide bonds. The molecule has 0 bridgehead atoms. The van der Waals surface area contributed by atoms with Crippen LogP contribution in [-0.4, -0.2) is 45.4 Å². The Morgan fingerprint density at radius 2 is 2.00 bits per heavy atom. The summed E-state index contributed by atoms with van der Waals surface area (Å²) >= 11 is 0. The quantitative estimate of drug-likeness (QED) is 0.696. The first-order valence-corrected chi connectivity index (χ1v) is 10.5. The van der Waals surface area contributed by atoms with Gasteiger partial charge in [-0.1, -0.05) is 31.9 Å². The van der Waals surface area contributed by atoms with E-state index in [2.05, 4.69) is 11.6 Å². The third-order valence-corrected chi connectivity index (χ3v) is 6.42. The minimum atomic E-state index is -3.77. The minimum absolute atomic E-state index is 0. The molecule has 26 heavy (non-hydrogen) atoms. The lowest BCUT2D eigenvalue weighted by Gasteiger charge is -2.22. The maximum atomic E-state index is 12.9. The predicted octanol–water partition coefficient (Wildman–Crippen LogP) is 2.39. The van der Waals surface area contributed by atoms with Crippen LogP contribution >= 0.6 is 12.4 Å². The molecule has 2 atom stereocenters. The SMILES string of the molecule is CCCCN(C)C(=O)c1ccccc1S(=O)(=O)NC1CCCC1CN.Cl. The zero-order chi connectivity index (χ0) is 18.4. The van der Waals surface area contributed by atoms with E-state index in [1.807, 2.05) is 0 Å². The summed E-state index contributed by atoms with van der Waals surface area (Å²) in [7, 11) is -2.06. The number of hydrogen-bond acceptors (Lipinski definition) is 4. The third kappa shape index (κ3) is 5.42. The molecule has 148 valence electrons. The smallest absolute Gasteiger partial charge is 0.254 e. The number of unbranched alkanes of at least 4 members (excludes halogenated alkanes) is 1. The number of sulfonamides is 1. The van der Waals surface area contributed by atoms with Gasteiger partial charge in [0, 0.05) is 19.6 Å². The molecule has 0 aliphatic heterocycles. The van der Waals surface area contributed by atoms with Gasteiger partial charge in [0.15, 0.2) is 0 Å². The van der Waals surface area contributed by atoms with Crippen LogP contribution < -0.4 is 10.5 Å². The molecule has 6 nitrogen and oxygen atoms in total. The van der Waals surface area contributed by atoms with Crippen molar-refractivity contribution in [3.63, 3.8) is 0 Å². The summed E-state index contributed by atoms with van der Waals surface area (Å²) in [4.78, 5) is 14.3. The molecular formula is C18H30ClN3O3S. The van der Waals surface area contributed by atoms with E-state index in [1.54, 1.807) is 30.1 Å². The number of nitrogens with zero attached hydrogens (tertiary/aromatic N) is 1. The van der Waals surface area contributed by atoms with Gasteiger partial charge < -0.3 is 10.6 Å². The highest BCUT2D eigenvalue weighted by Crippen LogP contribution is 2.27. The number of amides is 1. The van der Waals surface area contributed by atoms with E-state index in [4.69, 9.17) is 5.73 Å². The standard InChI is InChI=1S/C18H29N3O3S.ClH/c1-3-4-12-21(2)18(22)15-9-5-6-11-17(15)25(23,24)20-16-10-7-8-14(16)13-19;/h5-6,9,11,14,16,20H,3-4,7-8,10,12-13,19H2,1-2H3;1H. The number of carbonyl (C=O) groups excluding carboxylic acids is 1. The molecule has 1 aliphatic carbocycles. The van der Waals surface area contributed by atoms with E-state index in [9.17, 15) is 13.2 Å². The summed E-state index contributed by atoms with van der Waals surface area (Å²) < 4.78 is 28.5. The Morgan fingerprint density at radius 1 is 1.31 bits per heavy atom. The van der Waals surface area contributed by atoms with E-state index in [0.717, 1.165) is 32.1 Å². The molecule has 0 radical (unpaired) electrons. The first-order chi connectivity index (χ1) is 11.9. The molecule has 0 heterocycles. The maximum absolute atomic E-state index is 12.9. The molecule has 0 aromatic heterocycles. The Labute approximate surface area is 163 Å². The van der Waals surface area contributed by atoms with Crippen LogP contribution in [0.15, 0.2) is 29.2 Å². The van der Waals surface area contributed by atoms with Crippen molar-refractivity contribution in [1.29, 1.82) is 0 Å². The van der Waals surface area contributed by atoms with Crippen molar-refractivity contribution < 1.29 is 13.2 Å². The van der Waals surface area contributed by atoms with Gasteiger partial charge in [0.2, 0.25) is 10.0 Å². The van der Waals surface area contributed by atoms with Gasteiger partial charge in [-0.25, -0.2) is 13.1 Å². The zero-order valence-corrected chi connectivity index (χ0v) is 17.1. The van der Waals surface area contributed by atoms with Crippen LogP contribution in [0.25, 0.3) is 0 Å². The van der Waals surface area contributed by atoms with Crippen LogP contribution in [0.1, 0.15) is 49.4 Å². The summed E-state index contributed by atoms with van der Waals surface area (Å²) in [6.45, 7) is 3.12. The molecule has 3 N–H and O–H groups in total. The Kier molecular flexibility index (Phi) is 9.03. The lowest BCUT2D eigenvalue weighted by Crippen LogP contribution is -2.40. The Balaban J connectivity index is 0.00000338. The second-order valence-corrected chi connectivity index (χ2v) is 8.41. The van der Waals surface area contributed by atoms with E-state index in [-0.39, 0.29) is 40.7 Å². The highest BCUT2D eigenvalue weighted by atomic mass is 35.5. The van der Waals surface area contributed by atoms with Gasteiger partial charge in [-0.05, 0) is 43.9 Å². The van der Waals surface area contributed by atoms with E-state index in [1.165, 1.54) is 6.07 Å². The van der Waals surface area contributed by atoms with Crippen molar-refractivity contribution in [2.24, 2.45) is 11.7 Å². The lowest BCUT2D eigenvalue weighted by atomic mass is 10.1. The van der Waals surface area contributed by atoms with Crippen molar-refractivity contribution >= 4 is 28.3 Å². The van der Waals surface area contributed by atoms with Gasteiger partial charge in [-0.3, -0.25) is 4.79 Å². The van der Waals surface area contributed by atoms with Crippen LogP contribution in [0, 0.1) is 5.92 Å². The number of benzene rings is 1. The predicted molar refractivity (Wildman–Crippen MR) is 106 cm³/mol. The van der Waals surface area contributed by atoms with Crippen LogP contribution in [0.4, 0.5) is 0 Å². The van der Waals surface area contributed by atoms with Crippen LogP contribution in [0.2, 0.25) is 0 Å². The normalized spacial score (nSPS) is 19.8. The Hall–Kier alpha value is -1.15. The van der Waals surface area contributed by atoms with Crippen molar-refractivity contribution in [3.8, 4) is 0 Å². The van der Waals surface area contributed by atoms with Crippen molar-refractivity contribution in [2.45, 2.75) is 50.0 Å². The Bertz CT molecular complexity index is 697. The van der Waals surface area contributed by atoms with Crippen LogP contribution in [0.5, 0.6) is 0 Å². The number of hydrogen-bond donors (Lipinski definition) is 2. The summed E-state index contributed by atoms with van der Waals surface area (Å²) in [6, 6.07) is 6.25. The van der Waals surface area contributed by atoms with E-state index < -0.39 is 10.0 Å². The fourth-order valence-corrected chi connectivity index (χ4v) is 4.86. The molecule has 1 aromatic carbocycles. The van der Waals surface area contributed by atoms with Gasteiger partial charge in [0.05, 0.1) is 10.5 Å². The molecule has 1 saturated carbocycles. The molecule has 2 unspecified atom stereocenters. The monoisotopic (exact) mass is 403 g/mol. The van der Waals surface area contributed by atoms with Crippen molar-refractivity contribution in [3.05, 3.63) is 29.8 Å². The molecule has 8 heteroatoms.